The third-order valence-electron chi connectivity index (χ3n) is 3.06. The summed E-state index contributed by atoms with van der Waals surface area (Å²) in [6.45, 7) is 6.76. The molecule has 0 amide bonds. The quantitative estimate of drug-likeness (QED) is 0.883. The summed E-state index contributed by atoms with van der Waals surface area (Å²) in [6.07, 6.45) is 0. The number of nitrogens with one attached hydrogen (secondary N) is 1. The zero-order chi connectivity index (χ0) is 13.3. The molecule has 0 radical (unpaired) electrons. The van der Waals surface area contributed by atoms with Gasteiger partial charge in [-0.05, 0) is 6.07 Å². The Balaban J connectivity index is 2.76. The molecule has 0 saturated carbocycles. The van der Waals surface area contributed by atoms with Crippen molar-refractivity contribution < 1.29 is 4.74 Å². The maximum Gasteiger partial charge on any atom is 0.189 e. The molecule has 0 atom stereocenters. The molecule has 0 unspecified atom stereocenters. The number of rotatable bonds is 2. The Bertz CT molecular complexity index is 620. The average Bonchev–Trinajstić information content (AvgIpc) is 2.29. The second-order valence-corrected chi connectivity index (χ2v) is 5.57. The summed E-state index contributed by atoms with van der Waals surface area (Å²) in [5, 5.41) is 0.720. The van der Waals surface area contributed by atoms with Gasteiger partial charge in [0, 0.05) is 35.2 Å². The van der Waals surface area contributed by atoms with Crippen LogP contribution in [0.1, 0.15) is 32.0 Å². The second kappa shape index (κ2) is 4.58. The van der Waals surface area contributed by atoms with Gasteiger partial charge in [-0.3, -0.25) is 4.79 Å². The summed E-state index contributed by atoms with van der Waals surface area (Å²) < 4.78 is 5.18. The van der Waals surface area contributed by atoms with Crippen LogP contribution in [0.25, 0.3) is 10.9 Å². The topological polar surface area (TPSA) is 42.1 Å². The highest BCUT2D eigenvalue weighted by Crippen LogP contribution is 2.22. The fourth-order valence-electron chi connectivity index (χ4n) is 2.01. The zero-order valence-corrected chi connectivity index (χ0v) is 11.3. The first-order chi connectivity index (χ1) is 8.43. The zero-order valence-electron chi connectivity index (χ0n) is 11.3. The van der Waals surface area contributed by atoms with E-state index in [1.165, 1.54) is 0 Å². The number of hydrogen-bond acceptors (Lipinski definition) is 2. The van der Waals surface area contributed by atoms with Crippen molar-refractivity contribution in [2.75, 3.05) is 7.11 Å². The number of pyridine rings is 1. The van der Waals surface area contributed by atoms with Gasteiger partial charge in [0.25, 0.3) is 0 Å². The molecule has 0 aliphatic carbocycles. The smallest absolute Gasteiger partial charge is 0.189 e. The maximum absolute atomic E-state index is 12.1. The number of benzene rings is 1. The molecule has 0 aliphatic rings. The molecule has 0 fully saturated rings. The van der Waals surface area contributed by atoms with E-state index in [1.807, 2.05) is 18.2 Å². The molecule has 3 nitrogen and oxygen atoms in total. The minimum Gasteiger partial charge on any atom is -0.380 e. The van der Waals surface area contributed by atoms with E-state index in [4.69, 9.17) is 4.74 Å². The van der Waals surface area contributed by atoms with E-state index in [0.29, 0.717) is 6.61 Å². The van der Waals surface area contributed by atoms with Crippen molar-refractivity contribution in [2.24, 2.45) is 0 Å². The Morgan fingerprint density at radius 2 is 2.00 bits per heavy atom. The van der Waals surface area contributed by atoms with E-state index in [2.05, 4.69) is 25.8 Å². The SMILES string of the molecule is COCc1cccc2c(=O)cc(C(C)(C)C)[nH]c12. The molecule has 0 spiro atoms. The minimum absolute atomic E-state index is 0.0617. The number of fused-ring (bicyclic) bond motifs is 1. The molecule has 96 valence electrons. The molecule has 3 heteroatoms. The lowest BCUT2D eigenvalue weighted by atomic mass is 9.91. The van der Waals surface area contributed by atoms with Crippen LogP contribution in [0, 0.1) is 0 Å². The lowest BCUT2D eigenvalue weighted by Gasteiger charge is -2.19. The van der Waals surface area contributed by atoms with Gasteiger partial charge >= 0.3 is 0 Å². The predicted octanol–water partition coefficient (Wildman–Crippen LogP) is 2.97. The van der Waals surface area contributed by atoms with Crippen LogP contribution in [0.5, 0.6) is 0 Å². The highest BCUT2D eigenvalue weighted by molar-refractivity contribution is 5.81. The van der Waals surface area contributed by atoms with Gasteiger partial charge in [-0.1, -0.05) is 32.9 Å². The molecular weight excluding hydrogens is 226 g/mol. The molecule has 18 heavy (non-hydrogen) atoms. The molecule has 1 aromatic carbocycles. The van der Waals surface area contributed by atoms with Crippen LogP contribution < -0.4 is 5.43 Å². The number of para-hydroxylation sites is 1. The van der Waals surface area contributed by atoms with Crippen LogP contribution in [0.3, 0.4) is 0 Å². The largest absolute Gasteiger partial charge is 0.380 e. The number of H-pyrrole nitrogens is 1. The van der Waals surface area contributed by atoms with Crippen LogP contribution in [-0.4, -0.2) is 12.1 Å². The molecule has 1 aromatic heterocycles. The van der Waals surface area contributed by atoms with Gasteiger partial charge in [0.2, 0.25) is 0 Å². The Kier molecular flexibility index (Phi) is 3.26. The molecular formula is C15H19NO2. The number of methoxy groups -OCH3 is 1. The van der Waals surface area contributed by atoms with E-state index in [9.17, 15) is 4.79 Å². The van der Waals surface area contributed by atoms with Crippen molar-refractivity contribution >= 4 is 10.9 Å². The van der Waals surface area contributed by atoms with E-state index in [-0.39, 0.29) is 10.8 Å². The first-order valence-corrected chi connectivity index (χ1v) is 6.08. The maximum atomic E-state index is 12.1. The fourth-order valence-corrected chi connectivity index (χ4v) is 2.01. The van der Waals surface area contributed by atoms with E-state index in [1.54, 1.807) is 13.2 Å². The summed E-state index contributed by atoms with van der Waals surface area (Å²) in [7, 11) is 1.66. The number of aromatic nitrogens is 1. The van der Waals surface area contributed by atoms with Gasteiger partial charge in [-0.15, -0.1) is 0 Å². The van der Waals surface area contributed by atoms with Crippen LogP contribution >= 0.6 is 0 Å². The van der Waals surface area contributed by atoms with Crippen molar-refractivity contribution in [1.82, 2.24) is 4.98 Å². The van der Waals surface area contributed by atoms with Crippen LogP contribution in [0.15, 0.2) is 29.1 Å². The Morgan fingerprint density at radius 1 is 1.28 bits per heavy atom. The Labute approximate surface area is 107 Å². The van der Waals surface area contributed by atoms with Gasteiger partial charge in [-0.25, -0.2) is 0 Å². The molecule has 0 aliphatic heterocycles. The number of hydrogen-bond donors (Lipinski definition) is 1. The highest BCUT2D eigenvalue weighted by atomic mass is 16.5. The third-order valence-corrected chi connectivity index (χ3v) is 3.06. The van der Waals surface area contributed by atoms with Gasteiger partial charge in [0.1, 0.15) is 0 Å². The van der Waals surface area contributed by atoms with Gasteiger partial charge in [0.15, 0.2) is 5.43 Å². The summed E-state index contributed by atoms with van der Waals surface area (Å²) in [6, 6.07) is 7.41. The summed E-state index contributed by atoms with van der Waals surface area (Å²) >= 11 is 0. The van der Waals surface area contributed by atoms with Crippen LogP contribution in [-0.2, 0) is 16.8 Å². The van der Waals surface area contributed by atoms with E-state index >= 15 is 0 Å². The van der Waals surface area contributed by atoms with Crippen LogP contribution in [0.2, 0.25) is 0 Å². The average molecular weight is 245 g/mol. The van der Waals surface area contributed by atoms with Crippen molar-refractivity contribution in [3.8, 4) is 0 Å². The minimum atomic E-state index is -0.0759. The Morgan fingerprint density at radius 3 is 2.61 bits per heavy atom. The molecule has 2 rings (SSSR count). The van der Waals surface area contributed by atoms with Gasteiger partial charge < -0.3 is 9.72 Å². The molecule has 0 saturated heterocycles. The summed E-state index contributed by atoms with van der Waals surface area (Å²) in [4.78, 5) is 15.5. The van der Waals surface area contributed by atoms with Crippen molar-refractivity contribution in [3.63, 3.8) is 0 Å². The van der Waals surface area contributed by atoms with E-state index < -0.39 is 0 Å². The van der Waals surface area contributed by atoms with Gasteiger partial charge in [0.05, 0.1) is 12.1 Å². The first kappa shape index (κ1) is 12.8. The predicted molar refractivity (Wildman–Crippen MR) is 74.0 cm³/mol. The first-order valence-electron chi connectivity index (χ1n) is 6.08. The summed E-state index contributed by atoms with van der Waals surface area (Å²) in [5.41, 5.74) is 2.83. The lowest BCUT2D eigenvalue weighted by molar-refractivity contribution is 0.186. The summed E-state index contributed by atoms with van der Waals surface area (Å²) in [5.74, 6) is 0. The molecule has 0 bridgehead atoms. The third kappa shape index (κ3) is 2.31. The van der Waals surface area contributed by atoms with Gasteiger partial charge in [-0.2, -0.15) is 0 Å². The lowest BCUT2D eigenvalue weighted by Crippen LogP contribution is -2.18. The van der Waals surface area contributed by atoms with E-state index in [0.717, 1.165) is 22.2 Å². The monoisotopic (exact) mass is 245 g/mol. The molecule has 1 heterocycles. The Hall–Kier alpha value is -1.61. The molecule has 2 aromatic rings. The number of ether oxygens (including phenoxy) is 1. The molecule has 1 N–H and O–H groups in total. The van der Waals surface area contributed by atoms with Crippen LogP contribution in [0.4, 0.5) is 0 Å². The van der Waals surface area contributed by atoms with Crippen molar-refractivity contribution in [2.45, 2.75) is 32.8 Å². The number of aromatic amines is 1. The van der Waals surface area contributed by atoms with Crippen molar-refractivity contribution in [1.29, 1.82) is 0 Å². The highest BCUT2D eigenvalue weighted by Gasteiger charge is 2.16. The normalized spacial score (nSPS) is 12.0. The standard InChI is InChI=1S/C15H19NO2/c1-15(2,3)13-8-12(17)11-7-5-6-10(9-18-4)14(11)16-13/h5-8H,9H2,1-4H3,(H,16,17). The van der Waals surface area contributed by atoms with Crippen molar-refractivity contribution in [3.05, 3.63) is 45.7 Å². The second-order valence-electron chi connectivity index (χ2n) is 5.57. The fraction of sp³-hybridized carbons (Fsp3) is 0.400.